The molecule has 1 aromatic heterocycles. The Bertz CT molecular complexity index is 374. The van der Waals surface area contributed by atoms with Gasteiger partial charge in [0.2, 0.25) is 0 Å². The smallest absolute Gasteiger partial charge is 0.320 e. The SMILES string of the molecule is CCCCCc1cccn1CCCCC(N)C(=O)O. The molecule has 1 unspecified atom stereocenters. The van der Waals surface area contributed by atoms with Gasteiger partial charge in [0.1, 0.15) is 6.04 Å². The van der Waals surface area contributed by atoms with Gasteiger partial charge in [-0.2, -0.15) is 0 Å². The number of hydrogen-bond acceptors (Lipinski definition) is 2. The third kappa shape index (κ3) is 5.92. The number of aromatic nitrogens is 1. The van der Waals surface area contributed by atoms with Gasteiger partial charge in [0.15, 0.2) is 0 Å². The predicted octanol–water partition coefficient (Wildman–Crippen LogP) is 2.80. The molecule has 1 rings (SSSR count). The number of rotatable bonds is 10. The minimum absolute atomic E-state index is 0.557. The highest BCUT2D eigenvalue weighted by atomic mass is 16.4. The van der Waals surface area contributed by atoms with Crippen molar-refractivity contribution in [2.75, 3.05) is 0 Å². The van der Waals surface area contributed by atoms with Gasteiger partial charge in [-0.3, -0.25) is 4.79 Å². The number of carboxylic acids is 1. The fourth-order valence-electron chi connectivity index (χ4n) is 2.22. The second-order valence-electron chi connectivity index (χ2n) is 5.09. The molecule has 1 atom stereocenters. The molecule has 0 fully saturated rings. The number of aryl methyl sites for hydroxylation is 2. The van der Waals surface area contributed by atoms with Crippen molar-refractivity contribution in [1.82, 2.24) is 4.57 Å². The summed E-state index contributed by atoms with van der Waals surface area (Å²) in [6.07, 6.45) is 9.41. The fourth-order valence-corrected chi connectivity index (χ4v) is 2.22. The minimum Gasteiger partial charge on any atom is -0.480 e. The molecule has 0 radical (unpaired) electrons. The van der Waals surface area contributed by atoms with Gasteiger partial charge in [0, 0.05) is 18.4 Å². The van der Waals surface area contributed by atoms with Crippen molar-refractivity contribution in [3.63, 3.8) is 0 Å². The van der Waals surface area contributed by atoms with Crippen molar-refractivity contribution < 1.29 is 9.90 Å². The van der Waals surface area contributed by atoms with Crippen LogP contribution < -0.4 is 5.73 Å². The van der Waals surface area contributed by atoms with E-state index in [1.54, 1.807) is 0 Å². The molecule has 0 amide bonds. The number of aliphatic carboxylic acids is 1. The number of carbonyl (C=O) groups is 1. The second-order valence-corrected chi connectivity index (χ2v) is 5.09. The first-order valence-corrected chi connectivity index (χ1v) is 7.27. The van der Waals surface area contributed by atoms with Crippen LogP contribution in [0, 0.1) is 0 Å². The van der Waals surface area contributed by atoms with Crippen LogP contribution in [0.1, 0.15) is 51.1 Å². The largest absolute Gasteiger partial charge is 0.480 e. The number of hydrogen-bond donors (Lipinski definition) is 2. The fraction of sp³-hybridized carbons (Fsp3) is 0.667. The first-order valence-electron chi connectivity index (χ1n) is 7.27. The molecular weight excluding hydrogens is 240 g/mol. The summed E-state index contributed by atoms with van der Waals surface area (Å²) in [5.41, 5.74) is 6.87. The van der Waals surface area contributed by atoms with Crippen LogP contribution in [0.2, 0.25) is 0 Å². The van der Waals surface area contributed by atoms with E-state index in [2.05, 4.69) is 29.8 Å². The molecule has 4 nitrogen and oxygen atoms in total. The number of nitrogens with zero attached hydrogens (tertiary/aromatic N) is 1. The molecule has 0 spiro atoms. The molecule has 0 aromatic carbocycles. The Morgan fingerprint density at radius 2 is 2.16 bits per heavy atom. The van der Waals surface area contributed by atoms with Gasteiger partial charge in [-0.25, -0.2) is 0 Å². The van der Waals surface area contributed by atoms with Crippen LogP contribution in [0.25, 0.3) is 0 Å². The molecule has 108 valence electrons. The minimum atomic E-state index is -0.902. The number of carboxylic acid groups (broad SMARTS) is 1. The summed E-state index contributed by atoms with van der Waals surface area (Å²) in [5.74, 6) is -0.902. The van der Waals surface area contributed by atoms with Gasteiger partial charge in [-0.1, -0.05) is 19.8 Å². The van der Waals surface area contributed by atoms with Crippen LogP contribution in [0.4, 0.5) is 0 Å². The average molecular weight is 266 g/mol. The van der Waals surface area contributed by atoms with Crippen molar-refractivity contribution in [3.8, 4) is 0 Å². The van der Waals surface area contributed by atoms with Crippen LogP contribution in [-0.2, 0) is 17.8 Å². The monoisotopic (exact) mass is 266 g/mol. The summed E-state index contributed by atoms with van der Waals surface area (Å²) in [6.45, 7) is 3.17. The predicted molar refractivity (Wildman–Crippen MR) is 77.1 cm³/mol. The Labute approximate surface area is 115 Å². The normalized spacial score (nSPS) is 12.5. The van der Waals surface area contributed by atoms with Gasteiger partial charge in [0.05, 0.1) is 0 Å². The van der Waals surface area contributed by atoms with E-state index in [1.807, 2.05) is 0 Å². The maximum absolute atomic E-state index is 10.6. The number of nitrogens with two attached hydrogens (primary N) is 1. The molecule has 0 aliphatic heterocycles. The quantitative estimate of drug-likeness (QED) is 0.640. The standard InChI is InChI=1S/C15H26N2O2/c1-2-3-4-8-13-9-7-12-17(13)11-6-5-10-14(16)15(18)19/h7,9,12,14H,2-6,8,10-11,16H2,1H3,(H,18,19). The number of unbranched alkanes of at least 4 members (excludes halogenated alkanes) is 3. The molecular formula is C15H26N2O2. The maximum Gasteiger partial charge on any atom is 0.320 e. The summed E-state index contributed by atoms with van der Waals surface area (Å²) in [6, 6.07) is 3.55. The van der Waals surface area contributed by atoms with E-state index >= 15 is 0 Å². The van der Waals surface area contributed by atoms with Crippen molar-refractivity contribution in [2.45, 2.75) is 64.5 Å². The Hall–Kier alpha value is -1.29. The second kappa shape index (κ2) is 8.75. The summed E-state index contributed by atoms with van der Waals surface area (Å²) in [5, 5.41) is 8.70. The third-order valence-electron chi connectivity index (χ3n) is 3.44. The topological polar surface area (TPSA) is 68.2 Å². The third-order valence-corrected chi connectivity index (χ3v) is 3.44. The van der Waals surface area contributed by atoms with Crippen molar-refractivity contribution in [2.24, 2.45) is 5.73 Å². The lowest BCUT2D eigenvalue weighted by molar-refractivity contribution is -0.138. The zero-order chi connectivity index (χ0) is 14.1. The van der Waals surface area contributed by atoms with Crippen LogP contribution in [0.5, 0.6) is 0 Å². The Balaban J connectivity index is 2.25. The molecule has 0 saturated heterocycles. The highest BCUT2D eigenvalue weighted by Gasteiger charge is 2.10. The molecule has 3 N–H and O–H groups in total. The van der Waals surface area contributed by atoms with Crippen molar-refractivity contribution in [3.05, 3.63) is 24.0 Å². The molecule has 1 aromatic rings. The van der Waals surface area contributed by atoms with Gasteiger partial charge in [-0.05, 0) is 44.2 Å². The molecule has 1 heterocycles. The van der Waals surface area contributed by atoms with Gasteiger partial charge < -0.3 is 15.4 Å². The van der Waals surface area contributed by atoms with Crippen LogP contribution in [0.15, 0.2) is 18.3 Å². The van der Waals surface area contributed by atoms with E-state index in [0.29, 0.717) is 6.42 Å². The van der Waals surface area contributed by atoms with Crippen molar-refractivity contribution in [1.29, 1.82) is 0 Å². The van der Waals surface area contributed by atoms with E-state index < -0.39 is 12.0 Å². The lowest BCUT2D eigenvalue weighted by atomic mass is 10.1. The van der Waals surface area contributed by atoms with E-state index in [-0.39, 0.29) is 0 Å². The Morgan fingerprint density at radius 3 is 2.84 bits per heavy atom. The Morgan fingerprint density at radius 1 is 1.37 bits per heavy atom. The van der Waals surface area contributed by atoms with E-state index in [4.69, 9.17) is 10.8 Å². The lowest BCUT2D eigenvalue weighted by Crippen LogP contribution is -2.29. The zero-order valence-electron chi connectivity index (χ0n) is 11.8. The Kier molecular flexibility index (Phi) is 7.26. The zero-order valence-corrected chi connectivity index (χ0v) is 11.8. The first-order chi connectivity index (χ1) is 9.15. The molecule has 0 saturated carbocycles. The average Bonchev–Trinajstić information content (AvgIpc) is 2.82. The van der Waals surface area contributed by atoms with Crippen molar-refractivity contribution >= 4 is 5.97 Å². The van der Waals surface area contributed by atoms with Crippen LogP contribution in [-0.4, -0.2) is 21.7 Å². The summed E-state index contributed by atoms with van der Waals surface area (Å²) in [4.78, 5) is 10.6. The summed E-state index contributed by atoms with van der Waals surface area (Å²) < 4.78 is 2.28. The van der Waals surface area contributed by atoms with Gasteiger partial charge in [0.25, 0.3) is 0 Å². The van der Waals surface area contributed by atoms with E-state index in [1.165, 1.54) is 25.0 Å². The lowest BCUT2D eigenvalue weighted by Gasteiger charge is -2.10. The highest BCUT2D eigenvalue weighted by molar-refractivity contribution is 5.72. The molecule has 0 bridgehead atoms. The maximum atomic E-state index is 10.6. The molecule has 0 aliphatic rings. The summed E-state index contributed by atoms with van der Waals surface area (Å²) >= 11 is 0. The van der Waals surface area contributed by atoms with Gasteiger partial charge >= 0.3 is 5.97 Å². The van der Waals surface area contributed by atoms with Crippen LogP contribution in [0.3, 0.4) is 0 Å². The van der Waals surface area contributed by atoms with Gasteiger partial charge in [-0.15, -0.1) is 0 Å². The highest BCUT2D eigenvalue weighted by Crippen LogP contribution is 2.10. The van der Waals surface area contributed by atoms with E-state index in [0.717, 1.165) is 25.8 Å². The molecule has 0 aliphatic carbocycles. The first kappa shape index (κ1) is 15.8. The summed E-state index contributed by atoms with van der Waals surface area (Å²) in [7, 11) is 0. The van der Waals surface area contributed by atoms with Crippen LogP contribution >= 0.6 is 0 Å². The molecule has 4 heteroatoms. The van der Waals surface area contributed by atoms with E-state index in [9.17, 15) is 4.79 Å². The molecule has 19 heavy (non-hydrogen) atoms.